The molecular weight excluding hydrogens is 456 g/mol. The summed E-state index contributed by atoms with van der Waals surface area (Å²) in [5.74, 6) is 1.02. The maximum absolute atomic E-state index is 12.7. The highest BCUT2D eigenvalue weighted by atomic mass is 32.2. The van der Waals surface area contributed by atoms with Crippen molar-refractivity contribution in [3.8, 4) is 17.2 Å². The van der Waals surface area contributed by atoms with Crippen LogP contribution in [0, 0.1) is 0 Å². The fourth-order valence-corrected chi connectivity index (χ4v) is 4.09. The monoisotopic (exact) mass is 484 g/mol. The van der Waals surface area contributed by atoms with Gasteiger partial charge in [-0.1, -0.05) is 25.1 Å². The lowest BCUT2D eigenvalue weighted by Gasteiger charge is -2.13. The normalized spacial score (nSPS) is 14.4. The maximum Gasteiger partial charge on any atom is 0.293 e. The molecule has 0 atom stereocenters. The Hall–Kier alpha value is -3.46. The zero-order chi connectivity index (χ0) is 24.5. The van der Waals surface area contributed by atoms with Gasteiger partial charge >= 0.3 is 0 Å². The van der Waals surface area contributed by atoms with E-state index in [0.717, 1.165) is 23.1 Å². The highest BCUT2D eigenvalue weighted by Crippen LogP contribution is 2.34. The van der Waals surface area contributed by atoms with Crippen LogP contribution in [0.25, 0.3) is 6.08 Å². The maximum atomic E-state index is 12.7. The number of hydrogen-bond acceptors (Lipinski definition) is 7. The number of nitrogens with zero attached hydrogens (tertiary/aromatic N) is 1. The van der Waals surface area contributed by atoms with Crippen molar-refractivity contribution in [2.75, 3.05) is 33.4 Å². The quantitative estimate of drug-likeness (QED) is 0.484. The second kappa shape index (κ2) is 12.1. The van der Waals surface area contributed by atoms with Gasteiger partial charge in [0.25, 0.3) is 17.1 Å². The number of methoxy groups -OCH3 is 1. The molecule has 2 aromatic rings. The van der Waals surface area contributed by atoms with E-state index in [9.17, 15) is 14.4 Å². The lowest BCUT2D eigenvalue weighted by Crippen LogP contribution is -2.38. The van der Waals surface area contributed by atoms with Crippen LogP contribution in [0.15, 0.2) is 47.4 Å². The van der Waals surface area contributed by atoms with Gasteiger partial charge in [-0.2, -0.15) is 0 Å². The molecule has 1 aliphatic heterocycles. The van der Waals surface area contributed by atoms with Crippen molar-refractivity contribution in [2.45, 2.75) is 20.3 Å². The molecule has 0 unspecified atom stereocenters. The number of rotatable bonds is 11. The number of thioether (sulfide) groups is 1. The number of carbonyl (C=O) groups excluding carboxylic acids is 3. The topological polar surface area (TPSA) is 94.2 Å². The summed E-state index contributed by atoms with van der Waals surface area (Å²) in [5.41, 5.74) is 1.90. The Bertz CT molecular complexity index is 1070. The molecule has 3 amide bonds. The van der Waals surface area contributed by atoms with E-state index in [1.165, 1.54) is 12.7 Å². The summed E-state index contributed by atoms with van der Waals surface area (Å²) < 4.78 is 16.3. The van der Waals surface area contributed by atoms with Crippen LogP contribution >= 0.6 is 11.8 Å². The van der Waals surface area contributed by atoms with E-state index in [0.29, 0.717) is 34.3 Å². The molecule has 34 heavy (non-hydrogen) atoms. The fraction of sp³-hybridized carbons (Fsp3) is 0.320. The van der Waals surface area contributed by atoms with Crippen LogP contribution in [0.4, 0.5) is 4.79 Å². The van der Waals surface area contributed by atoms with E-state index in [4.69, 9.17) is 14.2 Å². The van der Waals surface area contributed by atoms with Crippen LogP contribution in [0.1, 0.15) is 25.0 Å². The van der Waals surface area contributed by atoms with Crippen molar-refractivity contribution < 1.29 is 28.6 Å². The molecule has 2 aromatic carbocycles. The summed E-state index contributed by atoms with van der Waals surface area (Å²) in [6, 6.07) is 12.8. The SMILES string of the molecule is CCOc1ccc(/C=C2\SC(=O)N(CCNC(=O)COc3ccc(CC)cc3)C2=O)cc1OC. The predicted octanol–water partition coefficient (Wildman–Crippen LogP) is 3.89. The van der Waals surface area contributed by atoms with Crippen molar-refractivity contribution in [3.05, 3.63) is 58.5 Å². The highest BCUT2D eigenvalue weighted by Gasteiger charge is 2.34. The van der Waals surface area contributed by atoms with Crippen molar-refractivity contribution in [3.63, 3.8) is 0 Å². The number of carbonyl (C=O) groups is 3. The first-order valence-corrected chi connectivity index (χ1v) is 11.8. The van der Waals surface area contributed by atoms with Gasteiger partial charge in [-0.25, -0.2) is 0 Å². The number of benzene rings is 2. The summed E-state index contributed by atoms with van der Waals surface area (Å²) in [5, 5.41) is 2.29. The first kappa shape index (κ1) is 25.2. The molecule has 8 nitrogen and oxygen atoms in total. The second-order valence-electron chi connectivity index (χ2n) is 7.31. The zero-order valence-electron chi connectivity index (χ0n) is 19.5. The Kier molecular flexibility index (Phi) is 8.98. The molecule has 180 valence electrons. The van der Waals surface area contributed by atoms with E-state index in [1.807, 2.05) is 31.2 Å². The highest BCUT2D eigenvalue weighted by molar-refractivity contribution is 8.18. The van der Waals surface area contributed by atoms with Gasteiger partial charge in [-0.05, 0) is 66.6 Å². The molecule has 1 aliphatic rings. The summed E-state index contributed by atoms with van der Waals surface area (Å²) in [7, 11) is 1.54. The van der Waals surface area contributed by atoms with Crippen LogP contribution in [0.5, 0.6) is 17.2 Å². The Balaban J connectivity index is 1.51. The summed E-state index contributed by atoms with van der Waals surface area (Å²) in [6.07, 6.45) is 2.57. The molecule has 0 bridgehead atoms. The van der Waals surface area contributed by atoms with Crippen LogP contribution in [-0.2, 0) is 16.0 Å². The lowest BCUT2D eigenvalue weighted by atomic mass is 10.2. The third kappa shape index (κ3) is 6.54. The van der Waals surface area contributed by atoms with Gasteiger partial charge in [0, 0.05) is 13.1 Å². The minimum atomic E-state index is -0.399. The molecule has 0 aliphatic carbocycles. The van der Waals surface area contributed by atoms with Gasteiger partial charge in [0.1, 0.15) is 5.75 Å². The van der Waals surface area contributed by atoms with Gasteiger partial charge in [0.2, 0.25) is 0 Å². The van der Waals surface area contributed by atoms with E-state index >= 15 is 0 Å². The smallest absolute Gasteiger partial charge is 0.293 e. The molecule has 3 rings (SSSR count). The molecule has 1 heterocycles. The van der Waals surface area contributed by atoms with Crippen molar-refractivity contribution in [2.24, 2.45) is 0 Å². The van der Waals surface area contributed by atoms with Gasteiger partial charge in [0.15, 0.2) is 18.1 Å². The lowest BCUT2D eigenvalue weighted by molar-refractivity contribution is -0.125. The molecule has 1 saturated heterocycles. The van der Waals surface area contributed by atoms with E-state index in [1.54, 1.807) is 24.3 Å². The number of amides is 3. The summed E-state index contributed by atoms with van der Waals surface area (Å²) in [4.78, 5) is 38.5. The second-order valence-corrected chi connectivity index (χ2v) is 8.31. The number of hydrogen-bond donors (Lipinski definition) is 1. The first-order valence-electron chi connectivity index (χ1n) is 11.0. The molecule has 0 saturated carbocycles. The molecule has 9 heteroatoms. The van der Waals surface area contributed by atoms with Crippen LogP contribution in [0.3, 0.4) is 0 Å². The third-order valence-corrected chi connectivity index (χ3v) is 5.93. The summed E-state index contributed by atoms with van der Waals surface area (Å²) >= 11 is 0.863. The minimum Gasteiger partial charge on any atom is -0.493 e. The van der Waals surface area contributed by atoms with Gasteiger partial charge < -0.3 is 19.5 Å². The van der Waals surface area contributed by atoms with Crippen molar-refractivity contribution >= 4 is 34.9 Å². The Morgan fingerprint density at radius 3 is 2.50 bits per heavy atom. The molecule has 0 spiro atoms. The Morgan fingerprint density at radius 2 is 1.82 bits per heavy atom. The summed E-state index contributed by atoms with van der Waals surface area (Å²) in [6.45, 7) is 4.51. The largest absolute Gasteiger partial charge is 0.493 e. The number of imide groups is 1. The van der Waals surface area contributed by atoms with Crippen molar-refractivity contribution in [1.82, 2.24) is 10.2 Å². The van der Waals surface area contributed by atoms with Gasteiger partial charge in [0.05, 0.1) is 18.6 Å². The number of ether oxygens (including phenoxy) is 3. The Labute approximate surface area is 203 Å². The molecule has 1 fully saturated rings. The average molecular weight is 485 g/mol. The predicted molar refractivity (Wildman–Crippen MR) is 131 cm³/mol. The van der Waals surface area contributed by atoms with E-state index in [2.05, 4.69) is 12.2 Å². The van der Waals surface area contributed by atoms with Crippen LogP contribution in [-0.4, -0.2) is 55.4 Å². The zero-order valence-corrected chi connectivity index (χ0v) is 20.3. The van der Waals surface area contributed by atoms with E-state index in [-0.39, 0.29) is 30.8 Å². The Morgan fingerprint density at radius 1 is 1.06 bits per heavy atom. The van der Waals surface area contributed by atoms with Crippen LogP contribution < -0.4 is 19.5 Å². The average Bonchev–Trinajstić information content (AvgIpc) is 3.11. The molecule has 0 radical (unpaired) electrons. The van der Waals surface area contributed by atoms with E-state index < -0.39 is 5.91 Å². The molecule has 1 N–H and O–H groups in total. The van der Waals surface area contributed by atoms with Crippen molar-refractivity contribution in [1.29, 1.82) is 0 Å². The fourth-order valence-electron chi connectivity index (χ4n) is 3.22. The molecular formula is C25H28N2O6S. The molecule has 0 aromatic heterocycles. The van der Waals surface area contributed by atoms with Gasteiger partial charge in [-0.3, -0.25) is 19.3 Å². The number of aryl methyl sites for hydroxylation is 1. The standard InChI is InChI=1S/C25H28N2O6S/c1-4-17-6-9-19(10-7-17)33-16-23(28)26-12-13-27-24(29)22(34-25(27)30)15-18-8-11-20(32-5-2)21(14-18)31-3/h6-11,14-15H,4-5,12-13,16H2,1-3H3,(H,26,28)/b22-15-. The third-order valence-electron chi connectivity index (χ3n) is 5.02. The van der Waals surface area contributed by atoms with Crippen LogP contribution in [0.2, 0.25) is 0 Å². The minimum absolute atomic E-state index is 0.0749. The first-order chi connectivity index (χ1) is 16.4. The number of nitrogens with one attached hydrogen (secondary N) is 1. The van der Waals surface area contributed by atoms with Gasteiger partial charge in [-0.15, -0.1) is 0 Å².